The molecule has 0 aliphatic rings. The summed E-state index contributed by atoms with van der Waals surface area (Å²) in [6, 6.07) is 3.53. The molecule has 0 bridgehead atoms. The van der Waals surface area contributed by atoms with Crippen molar-refractivity contribution >= 4 is 52.8 Å². The molecule has 0 unspecified atom stereocenters. The molecule has 0 saturated carbocycles. The van der Waals surface area contributed by atoms with Crippen LogP contribution in [0.3, 0.4) is 0 Å². The Balaban J connectivity index is 2.95. The lowest BCUT2D eigenvalue weighted by molar-refractivity contribution is -0.113. The van der Waals surface area contributed by atoms with Crippen molar-refractivity contribution in [1.82, 2.24) is 0 Å². The monoisotopic (exact) mass is 345 g/mol. The van der Waals surface area contributed by atoms with E-state index in [0.717, 1.165) is 18.4 Å². The van der Waals surface area contributed by atoms with E-state index in [-0.39, 0.29) is 15.6 Å². The van der Waals surface area contributed by atoms with Crippen LogP contribution >= 0.6 is 22.3 Å². The van der Waals surface area contributed by atoms with Gasteiger partial charge in [0.15, 0.2) is 9.84 Å². The molecule has 0 aliphatic carbocycles. The van der Waals surface area contributed by atoms with E-state index in [1.807, 2.05) is 0 Å². The van der Waals surface area contributed by atoms with Crippen LogP contribution in [-0.4, -0.2) is 34.8 Å². The second kappa shape index (κ2) is 5.66. The molecule has 1 N–H and O–H groups in total. The highest BCUT2D eigenvalue weighted by Crippen LogP contribution is 2.27. The van der Waals surface area contributed by atoms with Crippen molar-refractivity contribution in [1.29, 1.82) is 0 Å². The van der Waals surface area contributed by atoms with Crippen molar-refractivity contribution < 1.29 is 21.6 Å². The highest BCUT2D eigenvalue weighted by molar-refractivity contribution is 8.13. The molecule has 0 aliphatic heterocycles. The zero-order valence-corrected chi connectivity index (χ0v) is 12.7. The van der Waals surface area contributed by atoms with Gasteiger partial charge in [-0.05, 0) is 18.2 Å². The van der Waals surface area contributed by atoms with Gasteiger partial charge in [0.05, 0.1) is 5.02 Å². The predicted molar refractivity (Wildman–Crippen MR) is 72.8 cm³/mol. The molecule has 0 spiro atoms. The first-order valence-electron chi connectivity index (χ1n) is 4.71. The number of amides is 1. The molecule has 6 nitrogen and oxygen atoms in total. The van der Waals surface area contributed by atoms with Crippen molar-refractivity contribution in [3.8, 4) is 0 Å². The summed E-state index contributed by atoms with van der Waals surface area (Å²) in [5.41, 5.74) is 0.169. The van der Waals surface area contributed by atoms with E-state index in [1.165, 1.54) is 6.07 Å². The van der Waals surface area contributed by atoms with E-state index in [0.29, 0.717) is 0 Å². The molecule has 1 rings (SSSR count). The first-order chi connectivity index (χ1) is 8.49. The van der Waals surface area contributed by atoms with Crippen molar-refractivity contribution in [2.24, 2.45) is 0 Å². The van der Waals surface area contributed by atoms with E-state index in [4.69, 9.17) is 22.3 Å². The van der Waals surface area contributed by atoms with Gasteiger partial charge < -0.3 is 5.32 Å². The normalized spacial score (nSPS) is 12.2. The molecule has 0 radical (unpaired) electrons. The van der Waals surface area contributed by atoms with Crippen LogP contribution in [0, 0.1) is 0 Å². The van der Waals surface area contributed by atoms with Gasteiger partial charge in [-0.25, -0.2) is 16.8 Å². The van der Waals surface area contributed by atoms with Gasteiger partial charge in [-0.1, -0.05) is 11.6 Å². The molecule has 0 aromatic heterocycles. The highest BCUT2D eigenvalue weighted by atomic mass is 35.7. The fourth-order valence-corrected chi connectivity index (χ4v) is 3.29. The third kappa shape index (κ3) is 5.35. The van der Waals surface area contributed by atoms with Crippen molar-refractivity contribution in [3.05, 3.63) is 23.2 Å². The highest BCUT2D eigenvalue weighted by Gasteiger charge is 2.16. The van der Waals surface area contributed by atoms with Crippen LogP contribution in [0.4, 0.5) is 5.69 Å². The molecule has 1 aromatic carbocycles. The minimum atomic E-state index is -3.98. The first-order valence-corrected chi connectivity index (χ1v) is 9.45. The van der Waals surface area contributed by atoms with E-state index in [2.05, 4.69) is 5.32 Å². The number of carbonyl (C=O) groups excluding carboxylic acids is 1. The first kappa shape index (κ1) is 16.2. The molecule has 106 valence electrons. The van der Waals surface area contributed by atoms with Gasteiger partial charge in [0.25, 0.3) is 9.05 Å². The van der Waals surface area contributed by atoms with E-state index in [1.54, 1.807) is 0 Å². The lowest BCUT2D eigenvalue weighted by Gasteiger charge is -2.06. The van der Waals surface area contributed by atoms with Gasteiger partial charge >= 0.3 is 0 Å². The number of anilines is 1. The summed E-state index contributed by atoms with van der Waals surface area (Å²) >= 11 is 5.70. The maximum Gasteiger partial charge on any atom is 0.262 e. The average Bonchev–Trinajstić information content (AvgIpc) is 2.11. The van der Waals surface area contributed by atoms with Crippen molar-refractivity contribution in [2.45, 2.75) is 4.90 Å². The molecule has 19 heavy (non-hydrogen) atoms. The summed E-state index contributed by atoms with van der Waals surface area (Å²) in [6.07, 6.45) is 0.919. The van der Waals surface area contributed by atoms with Gasteiger partial charge in [-0.2, -0.15) is 0 Å². The summed E-state index contributed by atoms with van der Waals surface area (Å²) in [7, 11) is -2.29. The Kier molecular flexibility index (Phi) is 4.83. The maximum atomic E-state index is 11.3. The van der Waals surface area contributed by atoms with Gasteiger partial charge in [-0.3, -0.25) is 4.79 Å². The Morgan fingerprint density at radius 1 is 1.26 bits per heavy atom. The Hall–Kier alpha value is -0.830. The molecular weight excluding hydrogens is 337 g/mol. The molecule has 0 saturated heterocycles. The van der Waals surface area contributed by atoms with E-state index < -0.39 is 30.5 Å². The Morgan fingerprint density at radius 3 is 2.26 bits per heavy atom. The fourth-order valence-electron chi connectivity index (χ4n) is 1.21. The van der Waals surface area contributed by atoms with Gasteiger partial charge in [-0.15, -0.1) is 0 Å². The molecule has 0 atom stereocenters. The number of hydrogen-bond acceptors (Lipinski definition) is 5. The number of hydrogen-bond donors (Lipinski definition) is 1. The topological polar surface area (TPSA) is 97.4 Å². The minimum absolute atomic E-state index is 0.169. The Morgan fingerprint density at radius 2 is 1.84 bits per heavy atom. The summed E-state index contributed by atoms with van der Waals surface area (Å²) in [5, 5.41) is 2.10. The number of benzene rings is 1. The molecule has 10 heteroatoms. The van der Waals surface area contributed by atoms with Gasteiger partial charge in [0.2, 0.25) is 5.91 Å². The zero-order valence-electron chi connectivity index (χ0n) is 9.55. The zero-order chi connectivity index (χ0) is 14.8. The van der Waals surface area contributed by atoms with Gasteiger partial charge in [0, 0.05) is 22.6 Å². The van der Waals surface area contributed by atoms with Crippen LogP contribution in [0.1, 0.15) is 0 Å². The number of sulfone groups is 1. The minimum Gasteiger partial charge on any atom is -0.325 e. The summed E-state index contributed by atoms with van der Waals surface area (Å²) < 4.78 is 44.0. The van der Waals surface area contributed by atoms with Crippen LogP contribution < -0.4 is 5.32 Å². The quantitative estimate of drug-likeness (QED) is 0.828. The Bertz CT molecular complexity index is 712. The second-order valence-electron chi connectivity index (χ2n) is 3.70. The number of carbonyl (C=O) groups is 1. The molecular formula is C9H9Cl2NO5S2. The largest absolute Gasteiger partial charge is 0.325 e. The maximum absolute atomic E-state index is 11.3. The number of nitrogens with one attached hydrogen (secondary N) is 1. The summed E-state index contributed by atoms with van der Waals surface area (Å²) in [4.78, 5) is 11.0. The van der Waals surface area contributed by atoms with E-state index >= 15 is 0 Å². The smallest absolute Gasteiger partial charge is 0.262 e. The van der Waals surface area contributed by atoms with Crippen LogP contribution in [0.2, 0.25) is 5.02 Å². The average molecular weight is 346 g/mol. The second-order valence-corrected chi connectivity index (χ2v) is 8.78. The lowest BCUT2D eigenvalue weighted by atomic mass is 10.3. The third-order valence-electron chi connectivity index (χ3n) is 1.87. The van der Waals surface area contributed by atoms with Crippen LogP contribution in [-0.2, 0) is 23.7 Å². The predicted octanol–water partition coefficient (Wildman–Crippen LogP) is 1.25. The van der Waals surface area contributed by atoms with Crippen molar-refractivity contribution in [2.75, 3.05) is 17.3 Å². The number of rotatable bonds is 4. The standard InChI is InChI=1S/C9H9Cl2NO5S2/c1-18(14,15)5-9(13)12-6-2-3-8(7(10)4-6)19(11,16)17/h2-4H,5H2,1H3,(H,12,13). The molecule has 1 amide bonds. The number of halogens is 2. The molecule has 0 fully saturated rings. The SMILES string of the molecule is CS(=O)(=O)CC(=O)Nc1ccc(S(=O)(=O)Cl)c(Cl)c1. The summed E-state index contributed by atoms with van der Waals surface area (Å²) in [6.45, 7) is 0. The van der Waals surface area contributed by atoms with Crippen LogP contribution in [0.15, 0.2) is 23.1 Å². The van der Waals surface area contributed by atoms with Crippen LogP contribution in [0.5, 0.6) is 0 Å². The molecule has 0 heterocycles. The fraction of sp³-hybridized carbons (Fsp3) is 0.222. The Labute approximate surface area is 120 Å². The van der Waals surface area contributed by atoms with Crippen LogP contribution in [0.25, 0.3) is 0 Å². The van der Waals surface area contributed by atoms with Gasteiger partial charge in [0.1, 0.15) is 10.6 Å². The molecule has 1 aromatic rings. The van der Waals surface area contributed by atoms with Crippen molar-refractivity contribution in [3.63, 3.8) is 0 Å². The third-order valence-corrected chi connectivity index (χ3v) is 4.46. The van der Waals surface area contributed by atoms with E-state index in [9.17, 15) is 21.6 Å². The summed E-state index contributed by atoms with van der Waals surface area (Å²) in [5.74, 6) is -1.43. The lowest BCUT2D eigenvalue weighted by Crippen LogP contribution is -2.21.